The number of anilines is 1. The van der Waals surface area contributed by atoms with Crippen LogP contribution in [0.15, 0.2) is 18.3 Å². The van der Waals surface area contributed by atoms with E-state index in [4.69, 9.17) is 0 Å². The molecule has 1 aromatic rings. The molecule has 0 aromatic carbocycles. The third-order valence-electron chi connectivity index (χ3n) is 4.54. The second-order valence-electron chi connectivity index (χ2n) is 6.55. The lowest BCUT2D eigenvalue weighted by atomic mass is 10.1. The van der Waals surface area contributed by atoms with E-state index in [2.05, 4.69) is 27.9 Å². The van der Waals surface area contributed by atoms with Crippen LogP contribution in [0.3, 0.4) is 0 Å². The van der Waals surface area contributed by atoms with Crippen LogP contribution in [0, 0.1) is 0 Å². The Morgan fingerprint density at radius 3 is 2.36 bits per heavy atom. The van der Waals surface area contributed by atoms with Gasteiger partial charge in [0.1, 0.15) is 5.82 Å². The van der Waals surface area contributed by atoms with Crippen LogP contribution in [0.2, 0.25) is 0 Å². The number of aliphatic hydroxyl groups is 2. The van der Waals surface area contributed by atoms with E-state index in [-0.39, 0.29) is 0 Å². The highest BCUT2D eigenvalue weighted by molar-refractivity contribution is 5.40. The highest BCUT2D eigenvalue weighted by Crippen LogP contribution is 2.19. The number of likely N-dealkylation sites (N-methyl/N-ethyl adjacent to an activating group) is 1. The molecular weight excluding hydrogens is 280 g/mol. The molecule has 2 aliphatic rings. The fourth-order valence-corrected chi connectivity index (χ4v) is 3.19. The van der Waals surface area contributed by atoms with Gasteiger partial charge in [-0.25, -0.2) is 4.98 Å². The van der Waals surface area contributed by atoms with E-state index >= 15 is 0 Å². The lowest BCUT2D eigenvalue weighted by Crippen LogP contribution is -2.46. The molecule has 0 aliphatic carbocycles. The van der Waals surface area contributed by atoms with Crippen LogP contribution in [0.5, 0.6) is 0 Å². The third kappa shape index (κ3) is 3.95. The predicted molar refractivity (Wildman–Crippen MR) is 85.9 cm³/mol. The number of piperidine rings is 1. The number of hydrogen-bond acceptors (Lipinski definition) is 6. The molecule has 6 nitrogen and oxygen atoms in total. The summed E-state index contributed by atoms with van der Waals surface area (Å²) in [5.74, 6) is 0.833. The molecule has 0 radical (unpaired) electrons. The van der Waals surface area contributed by atoms with Gasteiger partial charge in [-0.15, -0.1) is 0 Å². The van der Waals surface area contributed by atoms with Gasteiger partial charge in [-0.1, -0.05) is 6.07 Å². The monoisotopic (exact) mass is 306 g/mol. The van der Waals surface area contributed by atoms with Crippen molar-refractivity contribution >= 4 is 5.82 Å². The van der Waals surface area contributed by atoms with Crippen LogP contribution in [-0.4, -0.2) is 83.5 Å². The highest BCUT2D eigenvalue weighted by Gasteiger charge is 2.25. The summed E-state index contributed by atoms with van der Waals surface area (Å²) in [5.41, 5.74) is 1.21. The topological polar surface area (TPSA) is 63.1 Å². The lowest BCUT2D eigenvalue weighted by Gasteiger charge is -2.34. The number of pyridine rings is 1. The minimum atomic E-state index is -0.476. The molecule has 3 heterocycles. The Bertz CT molecular complexity index is 464. The predicted octanol–water partition coefficient (Wildman–Crippen LogP) is -0.239. The summed E-state index contributed by atoms with van der Waals surface area (Å²) in [7, 11) is 2.16. The van der Waals surface area contributed by atoms with Crippen LogP contribution in [0.1, 0.15) is 12.0 Å². The van der Waals surface area contributed by atoms with Gasteiger partial charge in [0.2, 0.25) is 0 Å². The van der Waals surface area contributed by atoms with Crippen molar-refractivity contribution < 1.29 is 10.2 Å². The van der Waals surface area contributed by atoms with Gasteiger partial charge in [-0.3, -0.25) is 4.90 Å². The smallest absolute Gasteiger partial charge is 0.128 e. The summed E-state index contributed by atoms with van der Waals surface area (Å²) >= 11 is 0. The zero-order valence-corrected chi connectivity index (χ0v) is 13.2. The number of nitrogens with zero attached hydrogens (tertiary/aromatic N) is 4. The van der Waals surface area contributed by atoms with E-state index < -0.39 is 12.2 Å². The van der Waals surface area contributed by atoms with Gasteiger partial charge in [-0.05, 0) is 18.7 Å². The van der Waals surface area contributed by atoms with Crippen molar-refractivity contribution in [3.63, 3.8) is 0 Å². The first-order valence-corrected chi connectivity index (χ1v) is 8.07. The van der Waals surface area contributed by atoms with Crippen molar-refractivity contribution in [3.05, 3.63) is 23.9 Å². The summed E-state index contributed by atoms with van der Waals surface area (Å²) in [6.45, 7) is 6.46. The number of hydrogen-bond donors (Lipinski definition) is 2. The number of aliphatic hydroxyl groups excluding tert-OH is 2. The Morgan fingerprint density at radius 1 is 1.09 bits per heavy atom. The molecule has 6 heteroatoms. The van der Waals surface area contributed by atoms with Gasteiger partial charge in [0.05, 0.1) is 12.2 Å². The Balaban J connectivity index is 1.58. The number of β-amino-alcohol motifs (C(OH)–C–C–N with tert-alkyl or cyclic N) is 2. The molecule has 0 amide bonds. The number of piperazine rings is 1. The van der Waals surface area contributed by atoms with Gasteiger partial charge in [0.15, 0.2) is 0 Å². The molecule has 2 N–H and O–H groups in total. The second-order valence-corrected chi connectivity index (χ2v) is 6.55. The van der Waals surface area contributed by atoms with Gasteiger partial charge in [-0.2, -0.15) is 0 Å². The van der Waals surface area contributed by atoms with Crippen LogP contribution < -0.4 is 4.90 Å². The average Bonchev–Trinajstić information content (AvgIpc) is 2.49. The lowest BCUT2D eigenvalue weighted by molar-refractivity contribution is 0.0648. The van der Waals surface area contributed by atoms with E-state index in [0.717, 1.165) is 38.5 Å². The Labute approximate surface area is 132 Å². The summed E-state index contributed by atoms with van der Waals surface area (Å²) in [6, 6.07) is 4.10. The molecule has 2 saturated heterocycles. The molecule has 0 bridgehead atoms. The maximum absolute atomic E-state index is 9.76. The molecule has 122 valence electrons. The molecule has 2 aliphatic heterocycles. The van der Waals surface area contributed by atoms with E-state index in [9.17, 15) is 10.2 Å². The largest absolute Gasteiger partial charge is 0.391 e. The fraction of sp³-hybridized carbons (Fsp3) is 0.688. The maximum atomic E-state index is 9.76. The van der Waals surface area contributed by atoms with E-state index in [1.165, 1.54) is 5.56 Å². The fourth-order valence-electron chi connectivity index (χ4n) is 3.19. The summed E-state index contributed by atoms with van der Waals surface area (Å²) < 4.78 is 0. The van der Waals surface area contributed by atoms with Crippen LogP contribution in [-0.2, 0) is 6.54 Å². The molecule has 2 atom stereocenters. The third-order valence-corrected chi connectivity index (χ3v) is 4.54. The zero-order chi connectivity index (χ0) is 15.5. The summed E-state index contributed by atoms with van der Waals surface area (Å²) in [5, 5.41) is 19.5. The molecule has 22 heavy (non-hydrogen) atoms. The van der Waals surface area contributed by atoms with Crippen LogP contribution in [0.25, 0.3) is 0 Å². The summed E-state index contributed by atoms with van der Waals surface area (Å²) in [6.07, 6.45) is 1.42. The number of aromatic nitrogens is 1. The van der Waals surface area contributed by atoms with E-state index in [1.807, 2.05) is 17.2 Å². The van der Waals surface area contributed by atoms with E-state index in [0.29, 0.717) is 19.5 Å². The second kappa shape index (κ2) is 6.91. The Kier molecular flexibility index (Phi) is 4.93. The Hall–Kier alpha value is -1.21. The minimum Gasteiger partial charge on any atom is -0.391 e. The van der Waals surface area contributed by atoms with Crippen molar-refractivity contribution in [2.45, 2.75) is 25.2 Å². The van der Waals surface area contributed by atoms with Crippen molar-refractivity contribution in [3.8, 4) is 0 Å². The summed E-state index contributed by atoms with van der Waals surface area (Å²) in [4.78, 5) is 11.3. The molecule has 0 spiro atoms. The first kappa shape index (κ1) is 15.7. The van der Waals surface area contributed by atoms with Crippen molar-refractivity contribution in [1.29, 1.82) is 0 Å². The molecule has 0 saturated carbocycles. The molecule has 1 aromatic heterocycles. The van der Waals surface area contributed by atoms with Crippen molar-refractivity contribution in [2.24, 2.45) is 0 Å². The van der Waals surface area contributed by atoms with Gasteiger partial charge >= 0.3 is 0 Å². The zero-order valence-electron chi connectivity index (χ0n) is 13.2. The van der Waals surface area contributed by atoms with Crippen molar-refractivity contribution in [2.75, 3.05) is 51.2 Å². The van der Waals surface area contributed by atoms with Crippen LogP contribution >= 0.6 is 0 Å². The SMILES string of the molecule is CN1CCN(Cc2ccc(N3C[C@H](O)C[C@@H](O)C3)nc2)CC1. The van der Waals surface area contributed by atoms with Gasteiger partial charge in [0, 0.05) is 58.4 Å². The van der Waals surface area contributed by atoms with Gasteiger partial charge < -0.3 is 20.0 Å². The van der Waals surface area contributed by atoms with E-state index in [1.54, 1.807) is 0 Å². The quantitative estimate of drug-likeness (QED) is 0.804. The minimum absolute atomic E-state index is 0.456. The first-order chi connectivity index (χ1) is 10.6. The average molecular weight is 306 g/mol. The molecule has 0 unspecified atom stereocenters. The van der Waals surface area contributed by atoms with Crippen molar-refractivity contribution in [1.82, 2.24) is 14.8 Å². The normalized spacial score (nSPS) is 28.0. The number of rotatable bonds is 3. The standard InChI is InChI=1S/C16H26N4O2/c1-18-4-6-19(7-5-18)10-13-2-3-16(17-9-13)20-11-14(21)8-15(22)12-20/h2-3,9,14-15,21-22H,4-8,10-12H2,1H3/t14-,15-/m1/s1. The highest BCUT2D eigenvalue weighted by atomic mass is 16.3. The molecular formula is C16H26N4O2. The van der Waals surface area contributed by atoms with Crippen LogP contribution in [0.4, 0.5) is 5.82 Å². The first-order valence-electron chi connectivity index (χ1n) is 8.07. The maximum Gasteiger partial charge on any atom is 0.128 e. The molecule has 2 fully saturated rings. The van der Waals surface area contributed by atoms with Gasteiger partial charge in [0.25, 0.3) is 0 Å². The molecule has 3 rings (SSSR count). The Morgan fingerprint density at radius 2 is 1.77 bits per heavy atom.